The Morgan fingerprint density at radius 1 is 1.06 bits per heavy atom. The fourth-order valence-corrected chi connectivity index (χ4v) is 4.41. The third-order valence-electron chi connectivity index (χ3n) is 6.40. The molecule has 1 aliphatic heterocycles. The number of rotatable bonds is 3. The molecule has 1 amide bonds. The van der Waals surface area contributed by atoms with Crippen LogP contribution in [0.5, 0.6) is 0 Å². The number of carbonyl (C=O) groups excluding carboxylic acids is 1. The van der Waals surface area contributed by atoms with E-state index >= 15 is 0 Å². The van der Waals surface area contributed by atoms with Gasteiger partial charge in [0.15, 0.2) is 11.2 Å². The highest BCUT2D eigenvalue weighted by atomic mass is 19.4. The fraction of sp³-hybridized carbons (Fsp3) is 0.348. The number of hydrogen-bond acceptors (Lipinski definition) is 5. The fourth-order valence-electron chi connectivity index (χ4n) is 4.41. The molecule has 188 valence electrons. The molecule has 0 bridgehead atoms. The molecule has 4 heterocycles. The Hall–Kier alpha value is -4.16. The maximum Gasteiger partial charge on any atom is 0.416 e. The van der Waals surface area contributed by atoms with Crippen LogP contribution < -0.4 is 11.2 Å². The summed E-state index contributed by atoms with van der Waals surface area (Å²) < 4.78 is 44.1. The van der Waals surface area contributed by atoms with Crippen LogP contribution in [-0.4, -0.2) is 45.8 Å². The molecule has 36 heavy (non-hydrogen) atoms. The minimum atomic E-state index is -4.41. The molecule has 0 spiro atoms. The third-order valence-corrected chi connectivity index (χ3v) is 6.40. The molecule has 1 aromatic carbocycles. The monoisotopic (exact) mass is 501 g/mol. The molecule has 0 unspecified atom stereocenters. The van der Waals surface area contributed by atoms with Crippen molar-refractivity contribution in [3.05, 3.63) is 68.8 Å². The van der Waals surface area contributed by atoms with E-state index in [1.807, 2.05) is 0 Å². The molecule has 10 nitrogen and oxygen atoms in total. The molecule has 0 saturated heterocycles. The van der Waals surface area contributed by atoms with Crippen molar-refractivity contribution >= 4 is 17.1 Å². The van der Waals surface area contributed by atoms with Crippen LogP contribution in [0.15, 0.2) is 46.2 Å². The number of fused-ring (bicyclic) bond motifs is 2. The number of hydrogen-bond donors (Lipinski definition) is 0. The van der Waals surface area contributed by atoms with E-state index in [0.717, 1.165) is 22.4 Å². The van der Waals surface area contributed by atoms with Crippen LogP contribution >= 0.6 is 0 Å². The van der Waals surface area contributed by atoms with E-state index in [2.05, 4.69) is 10.1 Å². The Morgan fingerprint density at radius 2 is 1.78 bits per heavy atom. The summed E-state index contributed by atoms with van der Waals surface area (Å²) in [6.07, 6.45) is -2.41. The van der Waals surface area contributed by atoms with Crippen LogP contribution in [0.3, 0.4) is 0 Å². The maximum atomic E-state index is 13.2. The van der Waals surface area contributed by atoms with Gasteiger partial charge in [0.2, 0.25) is 5.91 Å². The summed E-state index contributed by atoms with van der Waals surface area (Å²) in [4.78, 5) is 43.8. The normalized spacial score (nSPS) is 14.2. The number of aromatic nitrogens is 6. The van der Waals surface area contributed by atoms with Gasteiger partial charge < -0.3 is 9.47 Å². The summed E-state index contributed by atoms with van der Waals surface area (Å²) in [6, 6.07) is 6.57. The van der Waals surface area contributed by atoms with Crippen molar-refractivity contribution < 1.29 is 18.0 Å². The van der Waals surface area contributed by atoms with Crippen LogP contribution in [0.1, 0.15) is 17.7 Å². The molecule has 4 aromatic rings. The quantitative estimate of drug-likeness (QED) is 0.426. The Morgan fingerprint density at radius 3 is 2.47 bits per heavy atom. The van der Waals surface area contributed by atoms with E-state index in [1.165, 1.54) is 41.7 Å². The topological polar surface area (TPSA) is 99.9 Å². The molecule has 0 radical (unpaired) electrons. The van der Waals surface area contributed by atoms with Gasteiger partial charge in [0.1, 0.15) is 6.54 Å². The van der Waals surface area contributed by atoms with E-state index < -0.39 is 23.0 Å². The van der Waals surface area contributed by atoms with Gasteiger partial charge in [-0.25, -0.2) is 9.78 Å². The van der Waals surface area contributed by atoms with Gasteiger partial charge in [0.05, 0.1) is 29.8 Å². The average molecular weight is 501 g/mol. The second-order valence-electron chi connectivity index (χ2n) is 8.74. The molecule has 5 rings (SSSR count). The highest BCUT2D eigenvalue weighted by molar-refractivity contribution is 5.79. The van der Waals surface area contributed by atoms with E-state index in [9.17, 15) is 27.6 Å². The number of carbonyl (C=O) groups is 1. The van der Waals surface area contributed by atoms with E-state index in [1.54, 1.807) is 15.6 Å². The van der Waals surface area contributed by atoms with E-state index in [4.69, 9.17) is 0 Å². The van der Waals surface area contributed by atoms with Crippen LogP contribution in [-0.2, 0) is 44.7 Å². The first-order chi connectivity index (χ1) is 17.0. The molecular formula is C23H22F3N7O3. The third kappa shape index (κ3) is 3.99. The second-order valence-corrected chi connectivity index (χ2v) is 8.74. The molecule has 0 atom stereocenters. The minimum absolute atomic E-state index is 0.135. The Bertz CT molecular complexity index is 1590. The number of halogens is 3. The summed E-state index contributed by atoms with van der Waals surface area (Å²) in [5.74, 6) is -0.240. The van der Waals surface area contributed by atoms with Crippen LogP contribution in [0.25, 0.3) is 22.4 Å². The number of alkyl halides is 3. The number of nitrogens with zero attached hydrogens (tertiary/aromatic N) is 7. The van der Waals surface area contributed by atoms with Crippen LogP contribution in [0.2, 0.25) is 0 Å². The lowest BCUT2D eigenvalue weighted by atomic mass is 10.1. The van der Waals surface area contributed by atoms with Gasteiger partial charge in [-0.15, -0.1) is 0 Å². The standard InChI is InChI=1S/C23H22F3N7O3/c1-29-20-19(21(35)30(2)22(29)36)32(13-27-20)12-18(34)31-8-3-9-33-16(11-31)10-17(28-33)14-4-6-15(7-5-14)23(24,25)26/h4-7,10,13H,3,8-9,11-12H2,1-2H3. The van der Waals surface area contributed by atoms with Gasteiger partial charge in [-0.05, 0) is 24.6 Å². The lowest BCUT2D eigenvalue weighted by Gasteiger charge is -2.20. The minimum Gasteiger partial charge on any atom is -0.335 e. The first-order valence-corrected chi connectivity index (χ1v) is 11.2. The van der Waals surface area contributed by atoms with Crippen LogP contribution in [0.4, 0.5) is 13.2 Å². The van der Waals surface area contributed by atoms with Gasteiger partial charge in [0, 0.05) is 32.7 Å². The van der Waals surface area contributed by atoms with Crippen molar-refractivity contribution in [3.8, 4) is 11.3 Å². The lowest BCUT2D eigenvalue weighted by Crippen LogP contribution is -2.38. The zero-order valence-electron chi connectivity index (χ0n) is 19.5. The maximum absolute atomic E-state index is 13.2. The lowest BCUT2D eigenvalue weighted by molar-refractivity contribution is -0.137. The van der Waals surface area contributed by atoms with Crippen molar-refractivity contribution in [3.63, 3.8) is 0 Å². The number of amides is 1. The van der Waals surface area contributed by atoms with Crippen molar-refractivity contribution in [2.75, 3.05) is 6.54 Å². The molecule has 0 saturated carbocycles. The van der Waals surface area contributed by atoms with Gasteiger partial charge in [0.25, 0.3) is 5.56 Å². The van der Waals surface area contributed by atoms with Crippen molar-refractivity contribution in [1.82, 2.24) is 33.4 Å². The van der Waals surface area contributed by atoms with E-state index in [0.29, 0.717) is 30.8 Å². The molecule has 3 aromatic heterocycles. The second kappa shape index (κ2) is 8.50. The summed E-state index contributed by atoms with van der Waals surface area (Å²) in [5, 5.41) is 4.53. The van der Waals surface area contributed by atoms with Crippen LogP contribution in [0, 0.1) is 0 Å². The summed E-state index contributed by atoms with van der Waals surface area (Å²) in [5.41, 5.74) is 0.423. The predicted octanol–water partition coefficient (Wildman–Crippen LogP) is 1.75. The van der Waals surface area contributed by atoms with Gasteiger partial charge in [-0.3, -0.25) is 23.4 Å². The number of benzene rings is 1. The molecule has 0 fully saturated rings. The summed E-state index contributed by atoms with van der Waals surface area (Å²) in [6.45, 7) is 1.15. The molecule has 0 aliphatic carbocycles. The summed E-state index contributed by atoms with van der Waals surface area (Å²) >= 11 is 0. The average Bonchev–Trinajstić information content (AvgIpc) is 3.39. The first kappa shape index (κ1) is 23.6. The Balaban J connectivity index is 1.38. The Labute approximate surface area is 201 Å². The number of imidazole rings is 1. The zero-order chi connectivity index (χ0) is 25.8. The van der Waals surface area contributed by atoms with Crippen molar-refractivity contribution in [1.29, 1.82) is 0 Å². The highest BCUT2D eigenvalue weighted by Crippen LogP contribution is 2.31. The van der Waals surface area contributed by atoms with Gasteiger partial charge >= 0.3 is 11.9 Å². The van der Waals surface area contributed by atoms with E-state index in [-0.39, 0.29) is 30.2 Å². The SMILES string of the molecule is Cn1c(=O)c2c(ncn2CC(=O)N2CCCn3nc(-c4ccc(C(F)(F)F)cc4)cc3C2)n(C)c1=O. The molecule has 13 heteroatoms. The highest BCUT2D eigenvalue weighted by Gasteiger charge is 2.30. The van der Waals surface area contributed by atoms with Crippen molar-refractivity contribution in [2.45, 2.75) is 32.2 Å². The zero-order valence-corrected chi connectivity index (χ0v) is 19.5. The summed E-state index contributed by atoms with van der Waals surface area (Å²) in [7, 11) is 2.88. The van der Waals surface area contributed by atoms with Gasteiger partial charge in [-0.1, -0.05) is 12.1 Å². The largest absolute Gasteiger partial charge is 0.416 e. The molecular weight excluding hydrogens is 479 g/mol. The predicted molar refractivity (Wildman–Crippen MR) is 123 cm³/mol. The van der Waals surface area contributed by atoms with Crippen molar-refractivity contribution in [2.24, 2.45) is 14.1 Å². The number of aryl methyl sites for hydroxylation is 2. The smallest absolute Gasteiger partial charge is 0.335 e. The Kier molecular flexibility index (Phi) is 5.57. The first-order valence-electron chi connectivity index (χ1n) is 11.2. The molecule has 0 N–H and O–H groups in total. The van der Waals surface area contributed by atoms with Gasteiger partial charge in [-0.2, -0.15) is 18.3 Å². The molecule has 1 aliphatic rings.